The van der Waals surface area contributed by atoms with E-state index in [4.69, 9.17) is 9.97 Å². The first-order valence-corrected chi connectivity index (χ1v) is 22.1. The lowest BCUT2D eigenvalue weighted by Crippen LogP contribution is -2.27. The Morgan fingerprint density at radius 2 is 0.891 bits per heavy atom. The lowest BCUT2D eigenvalue weighted by Gasteiger charge is -2.32. The van der Waals surface area contributed by atoms with Gasteiger partial charge in [-0.1, -0.05) is 200 Å². The summed E-state index contributed by atoms with van der Waals surface area (Å²) in [6.45, 7) is 0. The molecular formula is C61H37N3. The molecule has 0 aliphatic heterocycles. The number of rotatable bonds is 4. The second-order valence-corrected chi connectivity index (χ2v) is 17.2. The molecular weight excluding hydrogens is 775 g/mol. The average molecular weight is 812 g/mol. The van der Waals surface area contributed by atoms with Crippen LogP contribution < -0.4 is 0 Å². The maximum absolute atomic E-state index is 5.63. The largest absolute Gasteiger partial charge is 0.277 e. The molecule has 14 rings (SSSR count). The van der Waals surface area contributed by atoms with Crippen molar-refractivity contribution in [2.45, 2.75) is 5.41 Å². The third kappa shape index (κ3) is 4.70. The Balaban J connectivity index is 1.22. The van der Waals surface area contributed by atoms with Crippen molar-refractivity contribution in [3.8, 4) is 61.7 Å². The number of aromatic nitrogens is 3. The summed E-state index contributed by atoms with van der Waals surface area (Å²) in [6, 6.07) is 82.1. The van der Waals surface area contributed by atoms with Crippen LogP contribution in [0.3, 0.4) is 0 Å². The smallest absolute Gasteiger partial charge is 0.235 e. The highest BCUT2D eigenvalue weighted by molar-refractivity contribution is 6.27. The second-order valence-electron chi connectivity index (χ2n) is 17.2. The molecule has 0 fully saturated rings. The van der Waals surface area contributed by atoms with Gasteiger partial charge < -0.3 is 0 Å². The monoisotopic (exact) mass is 811 g/mol. The summed E-state index contributed by atoms with van der Waals surface area (Å²) < 4.78 is 2.40. The molecule has 3 nitrogen and oxygen atoms in total. The number of hydrogen-bond acceptors (Lipinski definition) is 2. The van der Waals surface area contributed by atoms with Gasteiger partial charge >= 0.3 is 0 Å². The van der Waals surface area contributed by atoms with Crippen LogP contribution in [0.25, 0.3) is 105 Å². The van der Waals surface area contributed by atoms with Crippen LogP contribution in [0.1, 0.15) is 22.3 Å². The number of nitrogens with zero attached hydrogens (tertiary/aromatic N) is 3. The van der Waals surface area contributed by atoms with E-state index in [1.807, 2.05) is 0 Å². The van der Waals surface area contributed by atoms with Gasteiger partial charge in [-0.25, -0.2) is 9.97 Å². The lowest BCUT2D eigenvalue weighted by atomic mass is 9.69. The van der Waals surface area contributed by atoms with Crippen LogP contribution in [-0.2, 0) is 5.41 Å². The Morgan fingerprint density at radius 1 is 0.359 bits per heavy atom. The van der Waals surface area contributed by atoms with Crippen molar-refractivity contribution in [2.75, 3.05) is 0 Å². The Hall–Kier alpha value is -8.40. The van der Waals surface area contributed by atoms with Crippen LogP contribution in [0, 0.1) is 0 Å². The third-order valence-electron chi connectivity index (χ3n) is 14.0. The van der Waals surface area contributed by atoms with Crippen molar-refractivity contribution in [3.63, 3.8) is 0 Å². The highest BCUT2D eigenvalue weighted by Crippen LogP contribution is 2.66. The van der Waals surface area contributed by atoms with Crippen molar-refractivity contribution < 1.29 is 0 Å². The zero-order valence-corrected chi connectivity index (χ0v) is 34.7. The maximum Gasteiger partial charge on any atom is 0.235 e. The van der Waals surface area contributed by atoms with Gasteiger partial charge in [0.2, 0.25) is 5.95 Å². The van der Waals surface area contributed by atoms with Crippen LogP contribution in [0.2, 0.25) is 0 Å². The predicted molar refractivity (Wildman–Crippen MR) is 264 cm³/mol. The first-order chi connectivity index (χ1) is 31.8. The fourth-order valence-corrected chi connectivity index (χ4v) is 11.4. The molecule has 10 aromatic carbocycles. The Kier molecular flexibility index (Phi) is 7.32. The molecule has 64 heavy (non-hydrogen) atoms. The van der Waals surface area contributed by atoms with Crippen LogP contribution in [0.5, 0.6) is 0 Å². The molecule has 12 aromatic rings. The molecule has 0 atom stereocenters. The van der Waals surface area contributed by atoms with Gasteiger partial charge in [0.1, 0.15) is 0 Å². The predicted octanol–water partition coefficient (Wildman–Crippen LogP) is 15.2. The van der Waals surface area contributed by atoms with Crippen molar-refractivity contribution in [1.29, 1.82) is 0 Å². The Labute approximate surface area is 370 Å². The fourth-order valence-electron chi connectivity index (χ4n) is 11.4. The molecule has 296 valence electrons. The number of benzene rings is 10. The highest BCUT2D eigenvalue weighted by Gasteiger charge is 2.54. The van der Waals surface area contributed by atoms with Crippen LogP contribution in [-0.4, -0.2) is 14.5 Å². The SMILES string of the molecule is c1ccc(-c2ccc3c(c2)C2(c4cc(-c5ccccc5)ccc4-3)c3ccccc3-c3c2c2c(c4ccccc34)c3ccccc3n2-c2nc(-c3ccccc3)c3ccccc3n2)cc1. The number of para-hydroxylation sites is 2. The van der Waals surface area contributed by atoms with E-state index >= 15 is 0 Å². The van der Waals surface area contributed by atoms with E-state index in [0.29, 0.717) is 5.95 Å². The van der Waals surface area contributed by atoms with Crippen LogP contribution >= 0.6 is 0 Å². The molecule has 0 saturated carbocycles. The summed E-state index contributed by atoms with van der Waals surface area (Å²) in [5.74, 6) is 0.654. The van der Waals surface area contributed by atoms with E-state index in [9.17, 15) is 0 Å². The van der Waals surface area contributed by atoms with Gasteiger partial charge in [0.05, 0.1) is 27.7 Å². The van der Waals surface area contributed by atoms with Gasteiger partial charge in [-0.05, 0) is 96.2 Å². The van der Waals surface area contributed by atoms with Crippen molar-refractivity contribution in [2.24, 2.45) is 0 Å². The number of fused-ring (bicyclic) bond motifs is 18. The maximum atomic E-state index is 5.63. The molecule has 0 amide bonds. The molecule has 0 saturated heterocycles. The van der Waals surface area contributed by atoms with Gasteiger partial charge in [-0.3, -0.25) is 4.57 Å². The zero-order chi connectivity index (χ0) is 41.9. The Bertz CT molecular complexity index is 3800. The van der Waals surface area contributed by atoms with E-state index < -0.39 is 5.41 Å². The van der Waals surface area contributed by atoms with E-state index in [1.54, 1.807) is 0 Å². The first kappa shape index (κ1) is 35.2. The van der Waals surface area contributed by atoms with Gasteiger partial charge in [0, 0.05) is 27.3 Å². The molecule has 2 aliphatic rings. The fraction of sp³-hybridized carbons (Fsp3) is 0.0164. The molecule has 3 heteroatoms. The summed E-state index contributed by atoms with van der Waals surface area (Å²) in [6.07, 6.45) is 0. The van der Waals surface area contributed by atoms with Crippen LogP contribution in [0.4, 0.5) is 0 Å². The number of hydrogen-bond donors (Lipinski definition) is 0. The molecule has 0 unspecified atom stereocenters. The zero-order valence-electron chi connectivity index (χ0n) is 34.7. The van der Waals surface area contributed by atoms with Crippen molar-refractivity contribution in [3.05, 3.63) is 247 Å². The molecule has 2 aliphatic carbocycles. The van der Waals surface area contributed by atoms with E-state index in [0.717, 1.165) is 33.2 Å². The molecule has 0 bridgehead atoms. The molecule has 2 aromatic heterocycles. The second kappa shape index (κ2) is 13.3. The third-order valence-corrected chi connectivity index (χ3v) is 14.0. The standard InChI is InChI=1S/C61H37N3/c1-4-18-38(19-5-1)41-32-34-43-44-35-33-42(39-20-6-2-7-21-39)37-52(44)61(51(43)36-41)50-29-15-12-26-47(50)55-45-24-10-11-25-46(45)56-49-28-14-17-31-54(49)64(59(56)57(55)61)60-62-53-30-16-13-27-48(53)58(63-60)40-22-8-3-9-23-40/h1-37H. The highest BCUT2D eigenvalue weighted by atomic mass is 15.2. The van der Waals surface area contributed by atoms with E-state index in [-0.39, 0.29) is 0 Å². The minimum atomic E-state index is -0.709. The summed E-state index contributed by atoms with van der Waals surface area (Å²) in [4.78, 5) is 11.2. The van der Waals surface area contributed by atoms with Gasteiger partial charge in [0.25, 0.3) is 0 Å². The van der Waals surface area contributed by atoms with Gasteiger partial charge in [-0.15, -0.1) is 0 Å². The molecule has 0 radical (unpaired) electrons. The summed E-state index contributed by atoms with van der Waals surface area (Å²) in [5, 5.41) is 5.88. The minimum Gasteiger partial charge on any atom is -0.277 e. The average Bonchev–Trinajstić information content (AvgIpc) is 3.99. The summed E-state index contributed by atoms with van der Waals surface area (Å²) in [7, 11) is 0. The summed E-state index contributed by atoms with van der Waals surface area (Å²) in [5.41, 5.74) is 19.4. The quantitative estimate of drug-likeness (QED) is 0.177. The van der Waals surface area contributed by atoms with Crippen molar-refractivity contribution in [1.82, 2.24) is 14.5 Å². The molecule has 0 N–H and O–H groups in total. The molecule has 2 heterocycles. The van der Waals surface area contributed by atoms with Gasteiger partial charge in [0.15, 0.2) is 0 Å². The normalized spacial score (nSPS) is 13.1. The first-order valence-electron chi connectivity index (χ1n) is 22.1. The topological polar surface area (TPSA) is 30.7 Å². The summed E-state index contributed by atoms with van der Waals surface area (Å²) >= 11 is 0. The molecule has 1 spiro atoms. The van der Waals surface area contributed by atoms with E-state index in [2.05, 4.69) is 229 Å². The van der Waals surface area contributed by atoms with Crippen LogP contribution in [0.15, 0.2) is 224 Å². The van der Waals surface area contributed by atoms with Gasteiger partial charge in [-0.2, -0.15) is 0 Å². The minimum absolute atomic E-state index is 0.654. The Morgan fingerprint density at radius 3 is 1.56 bits per heavy atom. The van der Waals surface area contributed by atoms with E-state index in [1.165, 1.54) is 88.3 Å². The van der Waals surface area contributed by atoms with Crippen molar-refractivity contribution >= 4 is 43.5 Å². The lowest BCUT2D eigenvalue weighted by molar-refractivity contribution is 0.796.